The predicted octanol–water partition coefficient (Wildman–Crippen LogP) is 12.4. The topological polar surface area (TPSA) is 37.8 Å². The van der Waals surface area contributed by atoms with Crippen LogP contribution in [-0.2, 0) is 0 Å². The van der Waals surface area contributed by atoms with Gasteiger partial charge in [-0.2, -0.15) is 0 Å². The Hall–Kier alpha value is -7.50. The van der Waals surface area contributed by atoms with Gasteiger partial charge in [0.15, 0.2) is 5.84 Å². The van der Waals surface area contributed by atoms with Crippen molar-refractivity contribution in [3.05, 3.63) is 217 Å². The largest absolute Gasteiger partial charge is 0.333 e. The van der Waals surface area contributed by atoms with Gasteiger partial charge >= 0.3 is 0 Å². The number of amidine groups is 2. The monoisotopic (exact) mass is 731 g/mol. The molecule has 0 bridgehead atoms. The molecule has 0 aliphatic carbocycles. The Morgan fingerprint density at radius 2 is 0.877 bits per heavy atom. The molecule has 1 aliphatic rings. The highest BCUT2D eigenvalue weighted by Gasteiger charge is 2.27. The number of fused-ring (bicyclic) bond motifs is 6. The van der Waals surface area contributed by atoms with E-state index < -0.39 is 0 Å². The molecule has 0 N–H and O–H groups in total. The fourth-order valence-corrected chi connectivity index (χ4v) is 8.67. The molecule has 0 fully saturated rings. The van der Waals surface area contributed by atoms with Crippen molar-refractivity contribution in [1.82, 2.24) is 14.0 Å². The molecular weight excluding hydrogens is 695 g/mol. The molecule has 11 rings (SSSR count). The first-order chi connectivity index (χ1) is 28.2. The second-order valence-corrected chi connectivity index (χ2v) is 14.7. The van der Waals surface area contributed by atoms with E-state index in [0.717, 1.165) is 50.8 Å². The Balaban J connectivity index is 1.04. The Kier molecular flexibility index (Phi) is 7.71. The molecule has 0 spiro atoms. The van der Waals surface area contributed by atoms with Gasteiger partial charge in [0, 0.05) is 51.1 Å². The first-order valence-corrected chi connectivity index (χ1v) is 19.4. The molecule has 57 heavy (non-hydrogen) atoms. The standard InChI is InChI=1S/C52H37N5/c1-55-51(35-16-5-2-6-17-35)53-50(54-52(55)36-18-7-3-8-19-36)39-20-15-23-41(32-39)57-47-27-14-12-25-43(47)45-34-38(29-31-49(45)57)37-28-30-48-44(33-37)42-24-11-13-26-46(42)56(48)40-21-9-4-10-22-40/h2-34,51H,1H3. The lowest BCUT2D eigenvalue weighted by molar-refractivity contribution is 0.383. The maximum atomic E-state index is 5.27. The maximum absolute atomic E-state index is 5.27. The average Bonchev–Trinajstić information content (AvgIpc) is 3.79. The summed E-state index contributed by atoms with van der Waals surface area (Å²) >= 11 is 0. The van der Waals surface area contributed by atoms with Crippen LogP contribution in [-0.4, -0.2) is 32.8 Å². The molecule has 0 saturated carbocycles. The number of aromatic nitrogens is 2. The van der Waals surface area contributed by atoms with E-state index in [4.69, 9.17) is 9.98 Å². The molecule has 3 heterocycles. The highest BCUT2D eigenvalue weighted by Crippen LogP contribution is 2.38. The van der Waals surface area contributed by atoms with E-state index in [-0.39, 0.29) is 6.17 Å². The summed E-state index contributed by atoms with van der Waals surface area (Å²) in [5, 5.41) is 4.92. The molecule has 1 aliphatic heterocycles. The van der Waals surface area contributed by atoms with Crippen LogP contribution < -0.4 is 0 Å². The molecule has 1 unspecified atom stereocenters. The molecule has 0 saturated heterocycles. The van der Waals surface area contributed by atoms with E-state index >= 15 is 0 Å². The minimum absolute atomic E-state index is 0.210. The van der Waals surface area contributed by atoms with Crippen molar-refractivity contribution < 1.29 is 0 Å². The minimum atomic E-state index is -0.210. The second-order valence-electron chi connectivity index (χ2n) is 14.7. The van der Waals surface area contributed by atoms with Gasteiger partial charge in [0.05, 0.1) is 22.1 Å². The van der Waals surface area contributed by atoms with Crippen molar-refractivity contribution in [1.29, 1.82) is 0 Å². The van der Waals surface area contributed by atoms with Crippen molar-refractivity contribution in [2.75, 3.05) is 7.05 Å². The molecule has 1 atom stereocenters. The van der Waals surface area contributed by atoms with E-state index in [2.05, 4.69) is 209 Å². The number of nitrogens with zero attached hydrogens (tertiary/aromatic N) is 5. The lowest BCUT2D eigenvalue weighted by atomic mass is 10.0. The van der Waals surface area contributed by atoms with E-state index in [1.165, 1.54) is 43.7 Å². The first-order valence-electron chi connectivity index (χ1n) is 19.4. The fourth-order valence-electron chi connectivity index (χ4n) is 8.67. The molecule has 10 aromatic rings. The number of hydrogen-bond acceptors (Lipinski definition) is 3. The fraction of sp³-hybridized carbons (Fsp3) is 0.0385. The lowest BCUT2D eigenvalue weighted by Gasteiger charge is -2.32. The number of aliphatic imine (C=N–C) groups is 2. The molecule has 5 nitrogen and oxygen atoms in total. The van der Waals surface area contributed by atoms with Crippen molar-refractivity contribution >= 4 is 55.3 Å². The van der Waals surface area contributed by atoms with Crippen LogP contribution in [0.5, 0.6) is 0 Å². The Labute approximate surface area is 330 Å². The van der Waals surface area contributed by atoms with Gasteiger partial charge in [-0.15, -0.1) is 0 Å². The van der Waals surface area contributed by atoms with E-state index in [1.54, 1.807) is 0 Å². The van der Waals surface area contributed by atoms with Crippen LogP contribution in [0.25, 0.3) is 66.1 Å². The number of benzene rings is 8. The van der Waals surface area contributed by atoms with E-state index in [1.807, 2.05) is 12.1 Å². The Bertz CT molecular complexity index is 3190. The summed E-state index contributed by atoms with van der Waals surface area (Å²) in [5.41, 5.74) is 12.5. The zero-order valence-corrected chi connectivity index (χ0v) is 31.4. The van der Waals surface area contributed by atoms with Crippen molar-refractivity contribution in [3.8, 4) is 22.5 Å². The molecule has 270 valence electrons. The van der Waals surface area contributed by atoms with Gasteiger partial charge in [0.25, 0.3) is 0 Å². The van der Waals surface area contributed by atoms with E-state index in [9.17, 15) is 0 Å². The van der Waals surface area contributed by atoms with Gasteiger partial charge in [-0.25, -0.2) is 9.98 Å². The van der Waals surface area contributed by atoms with Crippen LogP contribution in [0.15, 0.2) is 210 Å². The summed E-state index contributed by atoms with van der Waals surface area (Å²) in [7, 11) is 2.08. The summed E-state index contributed by atoms with van der Waals surface area (Å²) in [6, 6.07) is 71.4. The minimum Gasteiger partial charge on any atom is -0.333 e. The second kappa shape index (κ2) is 13.4. The van der Waals surface area contributed by atoms with Crippen molar-refractivity contribution in [2.24, 2.45) is 9.98 Å². The Morgan fingerprint density at radius 3 is 1.51 bits per heavy atom. The van der Waals surface area contributed by atoms with Crippen LogP contribution in [0.4, 0.5) is 0 Å². The molecule has 0 amide bonds. The molecular formula is C52H37N5. The maximum Gasteiger partial charge on any atom is 0.159 e. The molecule has 5 heteroatoms. The third kappa shape index (κ3) is 5.47. The summed E-state index contributed by atoms with van der Waals surface area (Å²) in [5.74, 6) is 1.61. The third-order valence-corrected chi connectivity index (χ3v) is 11.3. The molecule has 2 aromatic heterocycles. The summed E-state index contributed by atoms with van der Waals surface area (Å²) in [6.07, 6.45) is -0.210. The van der Waals surface area contributed by atoms with Gasteiger partial charge in [0.1, 0.15) is 12.0 Å². The number of para-hydroxylation sites is 3. The lowest BCUT2D eigenvalue weighted by Crippen LogP contribution is -2.35. The van der Waals surface area contributed by atoms with Crippen LogP contribution in [0, 0.1) is 0 Å². The van der Waals surface area contributed by atoms with Gasteiger partial charge in [-0.3, -0.25) is 0 Å². The summed E-state index contributed by atoms with van der Waals surface area (Å²) in [6.45, 7) is 0. The normalized spacial score (nSPS) is 14.4. The number of hydrogen-bond donors (Lipinski definition) is 0. The van der Waals surface area contributed by atoms with Gasteiger partial charge in [-0.1, -0.05) is 140 Å². The smallest absolute Gasteiger partial charge is 0.159 e. The number of rotatable bonds is 6. The van der Waals surface area contributed by atoms with Crippen molar-refractivity contribution in [2.45, 2.75) is 6.17 Å². The van der Waals surface area contributed by atoms with Crippen molar-refractivity contribution in [3.63, 3.8) is 0 Å². The zero-order chi connectivity index (χ0) is 37.9. The van der Waals surface area contributed by atoms with E-state index in [0.29, 0.717) is 0 Å². The third-order valence-electron chi connectivity index (χ3n) is 11.3. The van der Waals surface area contributed by atoms with Crippen LogP contribution >= 0.6 is 0 Å². The Morgan fingerprint density at radius 1 is 0.386 bits per heavy atom. The van der Waals surface area contributed by atoms with Crippen LogP contribution in [0.1, 0.15) is 22.9 Å². The van der Waals surface area contributed by atoms with Gasteiger partial charge < -0.3 is 14.0 Å². The first kappa shape index (κ1) is 32.9. The predicted molar refractivity (Wildman–Crippen MR) is 237 cm³/mol. The quantitative estimate of drug-likeness (QED) is 0.168. The molecule has 8 aromatic carbocycles. The zero-order valence-electron chi connectivity index (χ0n) is 31.4. The summed E-state index contributed by atoms with van der Waals surface area (Å²) < 4.78 is 4.74. The highest BCUT2D eigenvalue weighted by atomic mass is 15.3. The average molecular weight is 732 g/mol. The van der Waals surface area contributed by atoms with Gasteiger partial charge in [-0.05, 0) is 77.4 Å². The van der Waals surface area contributed by atoms with Gasteiger partial charge in [0.2, 0.25) is 0 Å². The summed E-state index contributed by atoms with van der Waals surface area (Å²) in [4.78, 5) is 12.7. The SMILES string of the molecule is CN1C(c2ccccc2)=NC(c2cccc(-n3c4ccccc4c4cc(-c5ccc6c(c5)c5ccccc5n6-c5ccccc5)ccc43)c2)=NC1c1ccccc1. The highest BCUT2D eigenvalue weighted by molar-refractivity contribution is 6.14. The molecule has 0 radical (unpaired) electrons. The van der Waals surface area contributed by atoms with Crippen LogP contribution in [0.2, 0.25) is 0 Å². The van der Waals surface area contributed by atoms with Crippen LogP contribution in [0.3, 0.4) is 0 Å².